The average molecular weight is 268 g/mol. The molecule has 0 aromatic heterocycles. The van der Waals surface area contributed by atoms with Crippen molar-refractivity contribution in [1.29, 1.82) is 0 Å². The van der Waals surface area contributed by atoms with Crippen molar-refractivity contribution in [1.82, 2.24) is 9.96 Å². The number of amides is 1. The van der Waals surface area contributed by atoms with Gasteiger partial charge in [-0.3, -0.25) is 4.79 Å². The van der Waals surface area contributed by atoms with Crippen LogP contribution < -0.4 is 5.73 Å². The van der Waals surface area contributed by atoms with Gasteiger partial charge < -0.3 is 20.9 Å². The highest BCUT2D eigenvalue weighted by Crippen LogP contribution is 2.31. The van der Waals surface area contributed by atoms with Crippen LogP contribution in [0.25, 0.3) is 0 Å². The van der Waals surface area contributed by atoms with Crippen LogP contribution in [0.2, 0.25) is 0 Å². The Hall–Kier alpha value is -0.650. The van der Waals surface area contributed by atoms with Gasteiger partial charge in [-0.25, -0.2) is 0 Å². The van der Waals surface area contributed by atoms with Crippen molar-refractivity contribution < 1.29 is 4.79 Å². The number of carbonyl (C=O) groups is 1. The summed E-state index contributed by atoms with van der Waals surface area (Å²) in [5, 5.41) is 12.8. The molecule has 5 nitrogen and oxygen atoms in total. The molecule has 19 heavy (non-hydrogen) atoms. The highest BCUT2D eigenvalue weighted by molar-refractivity contribution is 5.80. The van der Waals surface area contributed by atoms with Gasteiger partial charge in [0.1, 0.15) is 0 Å². The molecular weight excluding hydrogens is 242 g/mol. The molecule has 2 unspecified atom stereocenters. The van der Waals surface area contributed by atoms with E-state index in [0.29, 0.717) is 12.5 Å². The number of hydrogen-bond donors (Lipinski definition) is 1. The lowest BCUT2D eigenvalue weighted by Crippen LogP contribution is -2.55. The summed E-state index contributed by atoms with van der Waals surface area (Å²) in [7, 11) is 0. The molecule has 2 heterocycles. The normalized spacial score (nSPS) is 36.3. The fraction of sp³-hybridized carbons (Fsp3) is 0.929. The summed E-state index contributed by atoms with van der Waals surface area (Å²) in [6.45, 7) is 8.00. The van der Waals surface area contributed by atoms with Gasteiger partial charge in [0, 0.05) is 24.7 Å². The van der Waals surface area contributed by atoms with Gasteiger partial charge in [0.15, 0.2) is 0 Å². The zero-order valence-electron chi connectivity index (χ0n) is 12.3. The highest BCUT2D eigenvalue weighted by Gasteiger charge is 2.38. The first-order valence-electron chi connectivity index (χ1n) is 7.33. The Bertz CT molecular complexity index is 336. The van der Waals surface area contributed by atoms with Crippen LogP contribution in [-0.2, 0) is 4.79 Å². The van der Waals surface area contributed by atoms with E-state index in [2.05, 4.69) is 6.92 Å². The summed E-state index contributed by atoms with van der Waals surface area (Å²) in [6, 6.07) is -0.206. The Balaban J connectivity index is 2.02. The van der Waals surface area contributed by atoms with Gasteiger partial charge in [0.05, 0.1) is 5.92 Å². The molecule has 0 aromatic rings. The van der Waals surface area contributed by atoms with Crippen LogP contribution in [0.1, 0.15) is 40.0 Å². The molecule has 0 spiro atoms. The van der Waals surface area contributed by atoms with E-state index >= 15 is 0 Å². The number of hydrogen-bond acceptors (Lipinski definition) is 4. The average Bonchev–Trinajstić information content (AvgIpc) is 2.34. The lowest BCUT2D eigenvalue weighted by molar-refractivity contribution is -0.142. The minimum atomic E-state index is -0.206. The van der Waals surface area contributed by atoms with Crippen molar-refractivity contribution >= 4 is 5.91 Å². The van der Waals surface area contributed by atoms with E-state index in [-0.39, 0.29) is 23.4 Å². The lowest BCUT2D eigenvalue weighted by atomic mass is 9.80. The molecule has 0 aliphatic carbocycles. The number of carbonyl (C=O) groups excluding carboxylic acids is 1. The molecule has 1 amide bonds. The van der Waals surface area contributed by atoms with E-state index in [0.717, 1.165) is 37.4 Å². The molecule has 2 saturated heterocycles. The first-order chi connectivity index (χ1) is 8.82. The Morgan fingerprint density at radius 3 is 2.42 bits per heavy atom. The van der Waals surface area contributed by atoms with Crippen molar-refractivity contribution in [3.8, 4) is 0 Å². The number of nitrogens with two attached hydrogens (primary N) is 1. The second-order valence-corrected chi connectivity index (χ2v) is 6.65. The van der Waals surface area contributed by atoms with Gasteiger partial charge in [0.2, 0.25) is 5.91 Å². The van der Waals surface area contributed by atoms with Crippen molar-refractivity contribution in [3.05, 3.63) is 5.21 Å². The van der Waals surface area contributed by atoms with E-state index in [1.165, 1.54) is 0 Å². The van der Waals surface area contributed by atoms with Crippen LogP contribution >= 0.6 is 0 Å². The molecule has 0 aromatic carbocycles. The molecule has 0 bridgehead atoms. The second kappa shape index (κ2) is 5.38. The maximum absolute atomic E-state index is 12.7. The molecule has 2 aliphatic rings. The molecule has 0 radical (unpaired) electrons. The van der Waals surface area contributed by atoms with E-state index in [9.17, 15) is 10.0 Å². The number of nitrogens with zero attached hydrogens (tertiary/aromatic N) is 2. The highest BCUT2D eigenvalue weighted by atomic mass is 16.5. The van der Waals surface area contributed by atoms with E-state index < -0.39 is 0 Å². The van der Waals surface area contributed by atoms with Gasteiger partial charge >= 0.3 is 0 Å². The Morgan fingerprint density at radius 2 is 1.84 bits per heavy atom. The molecule has 5 heteroatoms. The standard InChI is InChI=1S/C14H26N3O2/c1-10-4-7-17(19)11(2)12(10)13(18)16-8-5-14(3,15)6-9-16/h10-12H,4-9,15H2,1-3H3/q-1/t10-,11?,12?/m0/s1. The Morgan fingerprint density at radius 1 is 1.26 bits per heavy atom. The monoisotopic (exact) mass is 268 g/mol. The van der Waals surface area contributed by atoms with Gasteiger partial charge in [-0.2, -0.15) is 0 Å². The number of likely N-dealkylation sites (tertiary alicyclic amines) is 1. The van der Waals surface area contributed by atoms with E-state index in [1.54, 1.807) is 0 Å². The zero-order valence-corrected chi connectivity index (χ0v) is 12.3. The van der Waals surface area contributed by atoms with E-state index in [1.807, 2.05) is 18.7 Å². The minimum absolute atomic E-state index is 0.148. The van der Waals surface area contributed by atoms with E-state index in [4.69, 9.17) is 5.73 Å². The predicted octanol–water partition coefficient (Wildman–Crippen LogP) is 1.17. The van der Waals surface area contributed by atoms with Gasteiger partial charge in [0.25, 0.3) is 0 Å². The first kappa shape index (κ1) is 14.8. The smallest absolute Gasteiger partial charge is 0.227 e. The van der Waals surface area contributed by atoms with Crippen molar-refractivity contribution in [3.63, 3.8) is 0 Å². The zero-order chi connectivity index (χ0) is 14.2. The van der Waals surface area contributed by atoms with Gasteiger partial charge in [-0.1, -0.05) is 6.92 Å². The minimum Gasteiger partial charge on any atom is -0.785 e. The Kier molecular flexibility index (Phi) is 4.18. The molecule has 110 valence electrons. The predicted molar refractivity (Wildman–Crippen MR) is 75.2 cm³/mol. The molecular formula is C14H26N3O2-. The summed E-state index contributed by atoms with van der Waals surface area (Å²) < 4.78 is 0. The maximum Gasteiger partial charge on any atom is 0.227 e. The van der Waals surface area contributed by atoms with Crippen LogP contribution in [0, 0.1) is 17.0 Å². The lowest BCUT2D eigenvalue weighted by Gasteiger charge is -2.48. The molecule has 2 N–H and O–H groups in total. The fourth-order valence-electron chi connectivity index (χ4n) is 3.27. The van der Waals surface area contributed by atoms with Gasteiger partial charge in [-0.15, -0.1) is 0 Å². The summed E-state index contributed by atoms with van der Waals surface area (Å²) in [5.74, 6) is 0.281. The molecule has 2 aliphatic heterocycles. The number of hydroxylamine groups is 2. The van der Waals surface area contributed by atoms with Gasteiger partial charge in [-0.05, 0) is 45.6 Å². The summed E-state index contributed by atoms with van der Waals surface area (Å²) >= 11 is 0. The van der Waals surface area contributed by atoms with Crippen molar-refractivity contribution in [2.24, 2.45) is 17.6 Å². The van der Waals surface area contributed by atoms with Crippen LogP contribution in [-0.4, -0.2) is 47.1 Å². The molecule has 2 rings (SSSR count). The topological polar surface area (TPSA) is 72.6 Å². The van der Waals surface area contributed by atoms with Crippen molar-refractivity contribution in [2.45, 2.75) is 51.6 Å². The molecule has 3 atom stereocenters. The number of rotatable bonds is 1. The molecule has 0 saturated carbocycles. The maximum atomic E-state index is 12.7. The third kappa shape index (κ3) is 3.09. The van der Waals surface area contributed by atoms with Crippen molar-refractivity contribution in [2.75, 3.05) is 19.6 Å². The van der Waals surface area contributed by atoms with Crippen LogP contribution in [0.5, 0.6) is 0 Å². The SMILES string of the molecule is CC1C(C(=O)N2CCC(C)(N)CC2)[C@@H](C)CCN1[O-]. The third-order valence-electron chi connectivity index (χ3n) is 4.89. The third-order valence-corrected chi connectivity index (χ3v) is 4.89. The largest absolute Gasteiger partial charge is 0.785 e. The fourth-order valence-corrected chi connectivity index (χ4v) is 3.27. The Labute approximate surface area is 115 Å². The van der Waals surface area contributed by atoms with Crippen LogP contribution in [0.4, 0.5) is 0 Å². The summed E-state index contributed by atoms with van der Waals surface area (Å²) in [5.41, 5.74) is 5.95. The molecule has 2 fully saturated rings. The first-order valence-corrected chi connectivity index (χ1v) is 7.33. The van der Waals surface area contributed by atoms with Crippen LogP contribution in [0.3, 0.4) is 0 Å². The summed E-state index contributed by atoms with van der Waals surface area (Å²) in [4.78, 5) is 14.6. The number of piperidine rings is 2. The second-order valence-electron chi connectivity index (χ2n) is 6.65. The summed E-state index contributed by atoms with van der Waals surface area (Å²) in [6.07, 6.45) is 2.50. The van der Waals surface area contributed by atoms with Crippen LogP contribution in [0.15, 0.2) is 0 Å². The quantitative estimate of drug-likeness (QED) is 0.775.